The number of amides is 1. The first-order chi connectivity index (χ1) is 9.45. The molecule has 1 saturated heterocycles. The van der Waals surface area contributed by atoms with Gasteiger partial charge in [-0.3, -0.25) is 4.79 Å². The van der Waals surface area contributed by atoms with E-state index in [1.807, 2.05) is 0 Å². The average Bonchev–Trinajstić information content (AvgIpc) is 2.41. The van der Waals surface area contributed by atoms with Crippen molar-refractivity contribution in [3.8, 4) is 0 Å². The lowest BCUT2D eigenvalue weighted by molar-refractivity contribution is -0.125. The van der Waals surface area contributed by atoms with Crippen molar-refractivity contribution >= 4 is 27.7 Å². The molecule has 0 spiro atoms. The summed E-state index contributed by atoms with van der Waals surface area (Å²) >= 11 is 1.71. The predicted molar refractivity (Wildman–Crippen MR) is 81.2 cm³/mol. The van der Waals surface area contributed by atoms with Crippen molar-refractivity contribution in [2.24, 2.45) is 5.92 Å². The first-order valence-corrected chi connectivity index (χ1v) is 9.87. The Bertz CT molecular complexity index is 392. The first-order valence-electron chi connectivity index (χ1n) is 6.86. The standard InChI is InChI=1S/C12H24N2O4S2/c1-20(17,18)14-6-3-11(4-7-14)12(16)13-5-10-19-9-2-8-15/h11,15H,2-10H2,1H3,(H,13,16). The van der Waals surface area contributed by atoms with Gasteiger partial charge in [0.25, 0.3) is 0 Å². The number of aliphatic hydroxyl groups is 1. The Morgan fingerprint density at radius 1 is 1.35 bits per heavy atom. The number of piperidine rings is 1. The summed E-state index contributed by atoms with van der Waals surface area (Å²) in [5, 5.41) is 11.5. The molecule has 1 aliphatic rings. The molecule has 0 saturated carbocycles. The van der Waals surface area contributed by atoms with Crippen molar-refractivity contribution in [1.29, 1.82) is 0 Å². The van der Waals surface area contributed by atoms with Gasteiger partial charge in [0, 0.05) is 37.9 Å². The zero-order valence-corrected chi connectivity index (χ0v) is 13.5. The molecule has 1 fully saturated rings. The highest BCUT2D eigenvalue weighted by atomic mass is 32.2. The number of hydrogen-bond acceptors (Lipinski definition) is 5. The lowest BCUT2D eigenvalue weighted by Crippen LogP contribution is -2.43. The maximum Gasteiger partial charge on any atom is 0.223 e. The number of carbonyl (C=O) groups is 1. The van der Waals surface area contributed by atoms with Crippen LogP contribution in [0.2, 0.25) is 0 Å². The summed E-state index contributed by atoms with van der Waals surface area (Å²) < 4.78 is 24.2. The monoisotopic (exact) mass is 324 g/mol. The van der Waals surface area contributed by atoms with Crippen LogP contribution >= 0.6 is 11.8 Å². The van der Waals surface area contributed by atoms with E-state index < -0.39 is 10.0 Å². The van der Waals surface area contributed by atoms with Crippen LogP contribution in [0.1, 0.15) is 19.3 Å². The number of sulfonamides is 1. The highest BCUT2D eigenvalue weighted by molar-refractivity contribution is 7.99. The van der Waals surface area contributed by atoms with E-state index in [0.29, 0.717) is 32.5 Å². The van der Waals surface area contributed by atoms with Crippen molar-refractivity contribution < 1.29 is 18.3 Å². The highest BCUT2D eigenvalue weighted by Crippen LogP contribution is 2.19. The number of carbonyl (C=O) groups excluding carboxylic acids is 1. The van der Waals surface area contributed by atoms with E-state index in [0.717, 1.165) is 17.9 Å². The second kappa shape index (κ2) is 8.86. The molecule has 0 atom stereocenters. The van der Waals surface area contributed by atoms with Crippen LogP contribution in [0.4, 0.5) is 0 Å². The fourth-order valence-electron chi connectivity index (χ4n) is 2.11. The van der Waals surface area contributed by atoms with Crippen molar-refractivity contribution in [2.45, 2.75) is 19.3 Å². The van der Waals surface area contributed by atoms with Crippen molar-refractivity contribution in [3.05, 3.63) is 0 Å². The molecule has 0 aromatic carbocycles. The van der Waals surface area contributed by atoms with Gasteiger partial charge in [-0.25, -0.2) is 12.7 Å². The zero-order chi connectivity index (χ0) is 15.0. The third kappa shape index (κ3) is 6.43. The maximum atomic E-state index is 11.9. The SMILES string of the molecule is CS(=O)(=O)N1CCC(C(=O)NCCSCCCO)CC1. The Morgan fingerprint density at radius 2 is 2.00 bits per heavy atom. The van der Waals surface area contributed by atoms with Gasteiger partial charge in [0.2, 0.25) is 15.9 Å². The van der Waals surface area contributed by atoms with Crippen molar-refractivity contribution in [3.63, 3.8) is 0 Å². The van der Waals surface area contributed by atoms with E-state index in [9.17, 15) is 13.2 Å². The summed E-state index contributed by atoms with van der Waals surface area (Å²) in [6.07, 6.45) is 3.17. The van der Waals surface area contributed by atoms with Gasteiger partial charge in [-0.2, -0.15) is 11.8 Å². The minimum absolute atomic E-state index is 0.0286. The molecule has 0 aliphatic carbocycles. The molecule has 0 aromatic rings. The van der Waals surface area contributed by atoms with E-state index >= 15 is 0 Å². The van der Waals surface area contributed by atoms with Crippen LogP contribution in [-0.4, -0.2) is 67.7 Å². The largest absolute Gasteiger partial charge is 0.396 e. The Balaban J connectivity index is 2.16. The molecule has 6 nitrogen and oxygen atoms in total. The van der Waals surface area contributed by atoms with Crippen LogP contribution < -0.4 is 5.32 Å². The lowest BCUT2D eigenvalue weighted by atomic mass is 9.97. The molecule has 118 valence electrons. The van der Waals surface area contributed by atoms with Gasteiger partial charge in [0.15, 0.2) is 0 Å². The molecule has 0 bridgehead atoms. The van der Waals surface area contributed by atoms with Gasteiger partial charge in [-0.05, 0) is 25.0 Å². The van der Waals surface area contributed by atoms with Gasteiger partial charge in [-0.15, -0.1) is 0 Å². The number of nitrogens with one attached hydrogen (secondary N) is 1. The molecule has 0 radical (unpaired) electrons. The van der Waals surface area contributed by atoms with Crippen LogP contribution in [0.15, 0.2) is 0 Å². The lowest BCUT2D eigenvalue weighted by Gasteiger charge is -2.29. The number of rotatable bonds is 8. The van der Waals surface area contributed by atoms with Crippen LogP contribution in [-0.2, 0) is 14.8 Å². The van der Waals surface area contributed by atoms with Crippen LogP contribution in [0, 0.1) is 5.92 Å². The third-order valence-electron chi connectivity index (χ3n) is 3.29. The topological polar surface area (TPSA) is 86.7 Å². The van der Waals surface area contributed by atoms with Gasteiger partial charge in [0.1, 0.15) is 0 Å². The van der Waals surface area contributed by atoms with Crippen molar-refractivity contribution in [1.82, 2.24) is 9.62 Å². The quantitative estimate of drug-likeness (QED) is 0.608. The third-order valence-corrected chi connectivity index (χ3v) is 5.66. The minimum Gasteiger partial charge on any atom is -0.396 e. The molecule has 1 aliphatic heterocycles. The molecule has 1 heterocycles. The first kappa shape index (κ1) is 17.7. The van der Waals surface area contributed by atoms with Gasteiger partial charge in [0.05, 0.1) is 6.26 Å². The Morgan fingerprint density at radius 3 is 2.55 bits per heavy atom. The fraction of sp³-hybridized carbons (Fsp3) is 0.917. The average molecular weight is 324 g/mol. The molecular formula is C12H24N2O4S2. The van der Waals surface area contributed by atoms with Gasteiger partial charge < -0.3 is 10.4 Å². The number of nitrogens with zero attached hydrogens (tertiary/aromatic N) is 1. The molecule has 2 N–H and O–H groups in total. The summed E-state index contributed by atoms with van der Waals surface area (Å²) in [4.78, 5) is 11.9. The molecule has 0 aromatic heterocycles. The summed E-state index contributed by atoms with van der Waals surface area (Å²) in [6.45, 7) is 1.70. The van der Waals surface area contributed by atoms with Crippen LogP contribution in [0.3, 0.4) is 0 Å². The van der Waals surface area contributed by atoms with E-state index in [2.05, 4.69) is 5.32 Å². The maximum absolute atomic E-state index is 11.9. The van der Waals surface area contributed by atoms with E-state index in [1.54, 1.807) is 11.8 Å². The molecule has 1 rings (SSSR count). The molecular weight excluding hydrogens is 300 g/mol. The second-order valence-electron chi connectivity index (χ2n) is 4.92. The molecule has 20 heavy (non-hydrogen) atoms. The predicted octanol–water partition coefficient (Wildman–Crippen LogP) is -0.110. The minimum atomic E-state index is -3.13. The summed E-state index contributed by atoms with van der Waals surface area (Å²) in [5.41, 5.74) is 0. The number of thioether (sulfide) groups is 1. The van der Waals surface area contributed by atoms with Crippen LogP contribution in [0.5, 0.6) is 0 Å². The Kier molecular flexibility index (Phi) is 7.86. The highest BCUT2D eigenvalue weighted by Gasteiger charge is 2.28. The van der Waals surface area contributed by atoms with E-state index in [-0.39, 0.29) is 18.4 Å². The molecule has 1 amide bonds. The number of hydrogen-bond donors (Lipinski definition) is 2. The summed E-state index contributed by atoms with van der Waals surface area (Å²) in [5.74, 6) is 1.70. The van der Waals surface area contributed by atoms with Gasteiger partial charge >= 0.3 is 0 Å². The smallest absolute Gasteiger partial charge is 0.223 e. The summed E-state index contributed by atoms with van der Waals surface area (Å²) in [7, 11) is -3.13. The van der Waals surface area contributed by atoms with Gasteiger partial charge in [-0.1, -0.05) is 0 Å². The number of aliphatic hydroxyl groups excluding tert-OH is 1. The van der Waals surface area contributed by atoms with E-state index in [4.69, 9.17) is 5.11 Å². The summed E-state index contributed by atoms with van der Waals surface area (Å²) in [6, 6.07) is 0. The Hall–Kier alpha value is -0.310. The zero-order valence-electron chi connectivity index (χ0n) is 11.9. The second-order valence-corrected chi connectivity index (χ2v) is 8.12. The Labute approximate surface area is 125 Å². The van der Waals surface area contributed by atoms with Crippen molar-refractivity contribution in [2.75, 3.05) is 44.0 Å². The fourth-order valence-corrected chi connectivity index (χ4v) is 3.77. The molecule has 0 unspecified atom stereocenters. The van der Waals surface area contributed by atoms with E-state index in [1.165, 1.54) is 10.6 Å². The molecule has 8 heteroatoms. The van der Waals surface area contributed by atoms with Crippen LogP contribution in [0.25, 0.3) is 0 Å². The normalized spacial score (nSPS) is 18.1.